The number of hydrogen-bond donors (Lipinski definition) is 1. The molecule has 3 rings (SSSR count). The molecule has 98 valence electrons. The molecular weight excluding hydrogens is 248 g/mol. The van der Waals surface area contributed by atoms with Gasteiger partial charge >= 0.3 is 0 Å². The van der Waals surface area contributed by atoms with E-state index in [9.17, 15) is 8.42 Å². The fraction of sp³-hybridized carbons (Fsp3) is 0.538. The van der Waals surface area contributed by atoms with Crippen LogP contribution in [0.15, 0.2) is 24.3 Å². The topological polar surface area (TPSA) is 49.4 Å². The van der Waals surface area contributed by atoms with Crippen molar-refractivity contribution >= 4 is 15.7 Å². The van der Waals surface area contributed by atoms with Gasteiger partial charge in [0.2, 0.25) is 10.0 Å². The van der Waals surface area contributed by atoms with Crippen LogP contribution >= 0.6 is 0 Å². The van der Waals surface area contributed by atoms with E-state index in [0.717, 1.165) is 24.2 Å². The third-order valence-corrected chi connectivity index (χ3v) is 6.20. The summed E-state index contributed by atoms with van der Waals surface area (Å²) in [6.07, 6.45) is 1.53. The van der Waals surface area contributed by atoms with E-state index in [4.69, 9.17) is 0 Å². The lowest BCUT2D eigenvalue weighted by Gasteiger charge is -2.27. The number of rotatable bonds is 2. The van der Waals surface area contributed by atoms with Crippen molar-refractivity contribution in [3.63, 3.8) is 0 Å². The number of para-hydroxylation sites is 1. The Hall–Kier alpha value is -1.07. The van der Waals surface area contributed by atoms with Crippen LogP contribution in [-0.2, 0) is 16.4 Å². The minimum Gasteiger partial charge on any atom is -0.315 e. The fourth-order valence-corrected chi connectivity index (χ4v) is 5.06. The molecule has 18 heavy (non-hydrogen) atoms. The second kappa shape index (κ2) is 4.24. The molecule has 1 saturated heterocycles. The van der Waals surface area contributed by atoms with Crippen molar-refractivity contribution in [1.82, 2.24) is 5.32 Å². The molecule has 1 aromatic carbocycles. The first-order chi connectivity index (χ1) is 8.60. The Morgan fingerprint density at radius 3 is 2.83 bits per heavy atom. The summed E-state index contributed by atoms with van der Waals surface area (Å²) in [6, 6.07) is 7.85. The summed E-state index contributed by atoms with van der Waals surface area (Å²) in [5, 5.41) is 2.86. The summed E-state index contributed by atoms with van der Waals surface area (Å²) < 4.78 is 27.0. The van der Waals surface area contributed by atoms with Crippen LogP contribution in [0.25, 0.3) is 0 Å². The van der Waals surface area contributed by atoms with E-state index >= 15 is 0 Å². The molecule has 2 atom stereocenters. The third-order valence-electron chi connectivity index (χ3n) is 3.86. The number of benzene rings is 1. The maximum Gasteiger partial charge on any atom is 0.239 e. The number of nitrogens with one attached hydrogen (secondary N) is 1. The molecule has 0 aromatic heterocycles. The molecule has 0 amide bonds. The zero-order chi connectivity index (χ0) is 12.8. The van der Waals surface area contributed by atoms with Crippen LogP contribution in [0.1, 0.15) is 18.9 Å². The van der Waals surface area contributed by atoms with E-state index in [1.165, 1.54) is 0 Å². The minimum absolute atomic E-state index is 0.0352. The van der Waals surface area contributed by atoms with Crippen LogP contribution in [0.4, 0.5) is 5.69 Å². The highest BCUT2D eigenvalue weighted by molar-refractivity contribution is 7.93. The van der Waals surface area contributed by atoms with Crippen molar-refractivity contribution in [3.8, 4) is 0 Å². The van der Waals surface area contributed by atoms with Gasteiger partial charge in [-0.25, -0.2) is 8.42 Å². The Bertz CT molecular complexity index is 550. The van der Waals surface area contributed by atoms with Crippen molar-refractivity contribution in [2.24, 2.45) is 0 Å². The van der Waals surface area contributed by atoms with Crippen LogP contribution in [0.5, 0.6) is 0 Å². The first-order valence-electron chi connectivity index (χ1n) is 6.42. The van der Waals surface area contributed by atoms with Gasteiger partial charge in [0, 0.05) is 12.6 Å². The van der Waals surface area contributed by atoms with Gasteiger partial charge in [-0.15, -0.1) is 0 Å². The Kier molecular flexibility index (Phi) is 2.83. The van der Waals surface area contributed by atoms with Gasteiger partial charge in [0.05, 0.1) is 10.9 Å². The van der Waals surface area contributed by atoms with E-state index in [1.807, 2.05) is 31.2 Å². The van der Waals surface area contributed by atoms with Crippen LogP contribution in [-0.4, -0.2) is 32.8 Å². The molecule has 1 fully saturated rings. The predicted octanol–water partition coefficient (Wildman–Crippen LogP) is 1.13. The Balaban J connectivity index is 2.01. The quantitative estimate of drug-likeness (QED) is 0.873. The maximum absolute atomic E-state index is 12.7. The van der Waals surface area contributed by atoms with Crippen molar-refractivity contribution in [1.29, 1.82) is 0 Å². The molecule has 2 heterocycles. The van der Waals surface area contributed by atoms with Crippen molar-refractivity contribution < 1.29 is 8.42 Å². The lowest BCUT2D eigenvalue weighted by Crippen LogP contribution is -2.43. The molecule has 1 N–H and O–H groups in total. The van der Waals surface area contributed by atoms with Gasteiger partial charge < -0.3 is 5.32 Å². The van der Waals surface area contributed by atoms with Gasteiger partial charge in [-0.05, 0) is 37.9 Å². The molecule has 1 aromatic rings. The monoisotopic (exact) mass is 266 g/mol. The van der Waals surface area contributed by atoms with Crippen molar-refractivity contribution in [3.05, 3.63) is 29.8 Å². The minimum atomic E-state index is -3.23. The molecule has 2 unspecified atom stereocenters. The molecule has 2 aliphatic rings. The molecule has 4 nitrogen and oxygen atoms in total. The Labute approximate surface area is 108 Å². The summed E-state index contributed by atoms with van der Waals surface area (Å²) in [4.78, 5) is 0. The SMILES string of the molecule is CC1Cc2ccccc2N1S(=O)(=O)C1CCNC1. The number of sulfonamides is 1. The molecule has 0 spiro atoms. The molecule has 5 heteroatoms. The summed E-state index contributed by atoms with van der Waals surface area (Å²) in [5.41, 5.74) is 2.01. The first kappa shape index (κ1) is 12.0. The molecule has 0 bridgehead atoms. The lowest BCUT2D eigenvalue weighted by molar-refractivity contribution is 0.571. The molecule has 2 aliphatic heterocycles. The van der Waals surface area contributed by atoms with E-state index < -0.39 is 10.0 Å². The molecule has 0 radical (unpaired) electrons. The Morgan fingerprint density at radius 2 is 2.11 bits per heavy atom. The first-order valence-corrected chi connectivity index (χ1v) is 7.93. The molecule has 0 aliphatic carbocycles. The largest absolute Gasteiger partial charge is 0.315 e. The van der Waals surface area contributed by atoms with E-state index in [1.54, 1.807) is 4.31 Å². The van der Waals surface area contributed by atoms with Gasteiger partial charge in [-0.3, -0.25) is 4.31 Å². The van der Waals surface area contributed by atoms with Gasteiger partial charge in [0.15, 0.2) is 0 Å². The number of hydrogen-bond acceptors (Lipinski definition) is 3. The van der Waals surface area contributed by atoms with Gasteiger partial charge in [-0.1, -0.05) is 18.2 Å². The highest BCUT2D eigenvalue weighted by Gasteiger charge is 2.40. The van der Waals surface area contributed by atoms with Gasteiger partial charge in [0.25, 0.3) is 0 Å². The number of nitrogens with zero attached hydrogens (tertiary/aromatic N) is 1. The standard InChI is InChI=1S/C13H18N2O2S/c1-10-8-11-4-2-3-5-13(11)15(10)18(16,17)12-6-7-14-9-12/h2-5,10,12,14H,6-9H2,1H3. The second-order valence-corrected chi connectivity index (χ2v) is 7.23. The van der Waals surface area contributed by atoms with Crippen LogP contribution in [0, 0.1) is 0 Å². The normalized spacial score (nSPS) is 27.5. The van der Waals surface area contributed by atoms with Crippen LogP contribution in [0.3, 0.4) is 0 Å². The summed E-state index contributed by atoms with van der Waals surface area (Å²) in [6.45, 7) is 3.36. The summed E-state index contributed by atoms with van der Waals surface area (Å²) in [5.74, 6) is 0. The van der Waals surface area contributed by atoms with Gasteiger partial charge in [-0.2, -0.15) is 0 Å². The molecule has 0 saturated carbocycles. The second-order valence-electron chi connectivity index (χ2n) is 5.14. The third kappa shape index (κ3) is 1.73. The zero-order valence-electron chi connectivity index (χ0n) is 10.5. The van der Waals surface area contributed by atoms with Crippen LogP contribution < -0.4 is 9.62 Å². The maximum atomic E-state index is 12.7. The number of anilines is 1. The molecular formula is C13H18N2O2S. The summed E-state index contributed by atoms with van der Waals surface area (Å²) >= 11 is 0. The van der Waals surface area contributed by atoms with Crippen molar-refractivity contribution in [2.45, 2.75) is 31.1 Å². The van der Waals surface area contributed by atoms with E-state index in [0.29, 0.717) is 13.0 Å². The van der Waals surface area contributed by atoms with Crippen molar-refractivity contribution in [2.75, 3.05) is 17.4 Å². The average Bonchev–Trinajstić information content (AvgIpc) is 2.94. The zero-order valence-corrected chi connectivity index (χ0v) is 11.3. The smallest absolute Gasteiger partial charge is 0.239 e. The average molecular weight is 266 g/mol. The number of fused-ring (bicyclic) bond motifs is 1. The van der Waals surface area contributed by atoms with E-state index in [2.05, 4.69) is 5.32 Å². The van der Waals surface area contributed by atoms with Gasteiger partial charge in [0.1, 0.15) is 0 Å². The lowest BCUT2D eigenvalue weighted by atomic mass is 10.1. The van der Waals surface area contributed by atoms with E-state index in [-0.39, 0.29) is 11.3 Å². The highest BCUT2D eigenvalue weighted by Crippen LogP contribution is 2.36. The highest BCUT2D eigenvalue weighted by atomic mass is 32.2. The summed E-state index contributed by atoms with van der Waals surface area (Å²) in [7, 11) is -3.23. The van der Waals surface area contributed by atoms with Crippen LogP contribution in [0.2, 0.25) is 0 Å². The predicted molar refractivity (Wildman–Crippen MR) is 72.3 cm³/mol. The Morgan fingerprint density at radius 1 is 1.33 bits per heavy atom. The fourth-order valence-electron chi connectivity index (χ4n) is 2.97.